The van der Waals surface area contributed by atoms with Crippen molar-refractivity contribution >= 4 is 32.8 Å². The first-order chi connectivity index (χ1) is 39.8. The summed E-state index contributed by atoms with van der Waals surface area (Å²) in [6, 6.07) is 102. The van der Waals surface area contributed by atoms with E-state index >= 15 is 0 Å². The average Bonchev–Trinajstić information content (AvgIpc) is 2.75. The Morgan fingerprint density at radius 2 is 0.915 bits per heavy atom. The van der Waals surface area contributed by atoms with E-state index in [1.54, 1.807) is 0 Å². The average molecular weight is 1230 g/mol. The number of ether oxygens (including phenoxy) is 1. The minimum atomic E-state index is -0.250. The molecule has 0 fully saturated rings. The molecule has 3 heterocycles. The predicted octanol–water partition coefficient (Wildman–Crippen LogP) is 18.9. The van der Waals surface area contributed by atoms with E-state index < -0.39 is 0 Å². The summed E-state index contributed by atoms with van der Waals surface area (Å²) in [6.07, 6.45) is 5.82. The summed E-state index contributed by atoms with van der Waals surface area (Å²) in [5.74, 6) is 1.96. The van der Waals surface area contributed by atoms with Gasteiger partial charge in [0.1, 0.15) is 5.82 Å². The van der Waals surface area contributed by atoms with Crippen LogP contribution in [0.25, 0.3) is 117 Å². The van der Waals surface area contributed by atoms with E-state index in [2.05, 4.69) is 296 Å². The van der Waals surface area contributed by atoms with Crippen molar-refractivity contribution in [1.82, 2.24) is 14.1 Å². The summed E-state index contributed by atoms with van der Waals surface area (Å²) in [6.45, 7) is 6.71. The van der Waals surface area contributed by atoms with Gasteiger partial charge in [0.2, 0.25) is 0 Å². The molecule has 0 amide bonds. The molecule has 0 saturated carbocycles. The molecule has 0 unspecified atom stereocenters. The number of imidazole rings is 1. The van der Waals surface area contributed by atoms with Gasteiger partial charge in [-0.3, -0.25) is 4.57 Å². The first-order valence-electron chi connectivity index (χ1n) is 27.5. The van der Waals surface area contributed by atoms with Crippen LogP contribution >= 0.6 is 0 Å². The fourth-order valence-electron chi connectivity index (χ4n) is 11.3. The zero-order valence-corrected chi connectivity index (χ0v) is 47.8. The molecule has 0 aliphatic rings. The fraction of sp³-hybridized carbons (Fsp3) is 0.0526. The number of hydrogen-bond donors (Lipinski definition) is 0. The van der Waals surface area contributed by atoms with Gasteiger partial charge in [-0.15, -0.1) is 29.7 Å². The van der Waals surface area contributed by atoms with Crippen LogP contribution in [-0.2, 0) is 26.5 Å². The molecule has 82 heavy (non-hydrogen) atoms. The molecule has 0 radical (unpaired) electrons. The fourth-order valence-corrected chi connectivity index (χ4v) is 11.3. The third-order valence-electron chi connectivity index (χ3n) is 15.3. The van der Waals surface area contributed by atoms with E-state index in [1.165, 1.54) is 0 Å². The van der Waals surface area contributed by atoms with E-state index in [-0.39, 0.29) is 26.5 Å². The Balaban J connectivity index is 0.00000631. The Hall–Kier alpha value is -9.67. The molecule has 5 nitrogen and oxygen atoms in total. The standard InChI is InChI=1S/C76H54N4O.Pt/c1-76(2,3)62-47-63(49-65(48-62)81-64-38-39-69-68-31-16-17-34-70(68)80(73(69)50-64)74-37-20-21-40-77-74)78-51-79(72-36-19-18-35-71(72)78)75-66(60-43-56(52-23-8-4-9-24-52)41-57(44-60)53-25-10-5-11-26-53)32-22-33-67(75)61-45-58(54-27-12-6-13-28-54)42-59(46-61)55-29-14-7-15-30-55;/h4-48H,1-3H3;/q-2;. The van der Waals surface area contributed by atoms with E-state index in [1.807, 2.05) is 30.5 Å². The number of pyridine rings is 1. The van der Waals surface area contributed by atoms with Crippen LogP contribution in [-0.4, -0.2) is 14.1 Å². The minimum Gasteiger partial charge on any atom is -0.510 e. The second-order valence-corrected chi connectivity index (χ2v) is 21.6. The largest absolute Gasteiger partial charge is 0.510 e. The second kappa shape index (κ2) is 21.8. The van der Waals surface area contributed by atoms with Crippen molar-refractivity contribution < 1.29 is 30.4 Å². The van der Waals surface area contributed by atoms with Crippen molar-refractivity contribution in [3.8, 4) is 95.5 Å². The molecular formula is C76H54N4OPt-2. The zero-order valence-electron chi connectivity index (χ0n) is 45.5. The van der Waals surface area contributed by atoms with E-state index in [0.29, 0.717) is 11.5 Å². The molecule has 0 atom stereocenters. The van der Waals surface area contributed by atoms with Gasteiger partial charge >= 0.3 is 0 Å². The van der Waals surface area contributed by atoms with Gasteiger partial charge in [0.25, 0.3) is 6.33 Å². The number of hydrogen-bond acceptors (Lipinski definition) is 2. The molecule has 11 aromatic carbocycles. The van der Waals surface area contributed by atoms with Gasteiger partial charge in [-0.1, -0.05) is 214 Å². The summed E-state index contributed by atoms with van der Waals surface area (Å²) in [5, 5.41) is 2.19. The summed E-state index contributed by atoms with van der Waals surface area (Å²) < 4.78 is 13.5. The zero-order chi connectivity index (χ0) is 54.4. The summed E-state index contributed by atoms with van der Waals surface area (Å²) in [4.78, 5) is 4.77. The number of benzene rings is 11. The number of para-hydroxylation sites is 4. The number of fused-ring (bicyclic) bond motifs is 4. The van der Waals surface area contributed by atoms with Crippen molar-refractivity contribution in [1.29, 1.82) is 0 Å². The molecule has 396 valence electrons. The van der Waals surface area contributed by atoms with Gasteiger partial charge < -0.3 is 13.9 Å². The molecule has 0 bridgehead atoms. The van der Waals surface area contributed by atoms with Gasteiger partial charge in [-0.25, -0.2) is 4.98 Å². The van der Waals surface area contributed by atoms with Crippen molar-refractivity contribution in [2.45, 2.75) is 26.2 Å². The number of nitrogens with zero attached hydrogens (tertiary/aromatic N) is 4. The molecule has 0 N–H and O–H groups in total. The molecule has 0 aliphatic heterocycles. The van der Waals surface area contributed by atoms with Crippen LogP contribution in [0.15, 0.2) is 273 Å². The number of rotatable bonds is 11. The molecule has 14 rings (SSSR count). The topological polar surface area (TPSA) is 35.9 Å². The van der Waals surface area contributed by atoms with Gasteiger partial charge in [0, 0.05) is 44.3 Å². The molecule has 3 aromatic heterocycles. The van der Waals surface area contributed by atoms with Crippen LogP contribution in [0.1, 0.15) is 26.3 Å². The monoisotopic (exact) mass is 1230 g/mol. The first kappa shape index (κ1) is 51.7. The van der Waals surface area contributed by atoms with Crippen molar-refractivity contribution in [3.63, 3.8) is 0 Å². The van der Waals surface area contributed by atoms with Crippen LogP contribution in [0, 0.1) is 18.5 Å². The van der Waals surface area contributed by atoms with Gasteiger partial charge in [0.05, 0.1) is 16.7 Å². The Labute approximate surface area is 492 Å². The van der Waals surface area contributed by atoms with Crippen LogP contribution in [0.3, 0.4) is 0 Å². The minimum absolute atomic E-state index is 0. The van der Waals surface area contributed by atoms with Gasteiger partial charge in [-0.05, 0) is 138 Å². The predicted molar refractivity (Wildman–Crippen MR) is 331 cm³/mol. The third kappa shape index (κ3) is 9.84. The molecule has 0 aliphatic carbocycles. The van der Waals surface area contributed by atoms with E-state index in [9.17, 15) is 0 Å². The molecule has 6 heteroatoms. The maximum Gasteiger partial charge on any atom is 0.268 e. The Morgan fingerprint density at radius 1 is 0.415 bits per heavy atom. The van der Waals surface area contributed by atoms with E-state index in [4.69, 9.17) is 9.72 Å². The van der Waals surface area contributed by atoms with Crippen LogP contribution < -0.4 is 9.30 Å². The maximum absolute atomic E-state index is 6.94. The summed E-state index contributed by atoms with van der Waals surface area (Å²) >= 11 is 0. The quantitative estimate of drug-likeness (QED) is 0.0956. The maximum atomic E-state index is 6.94. The summed E-state index contributed by atoms with van der Waals surface area (Å²) in [7, 11) is 0. The Kier molecular flexibility index (Phi) is 13.7. The van der Waals surface area contributed by atoms with Crippen LogP contribution in [0.2, 0.25) is 0 Å². The van der Waals surface area contributed by atoms with Crippen molar-refractivity contribution in [2.75, 3.05) is 0 Å². The molecule has 0 saturated heterocycles. The normalized spacial score (nSPS) is 11.5. The second-order valence-electron chi connectivity index (χ2n) is 21.6. The number of aromatic nitrogens is 4. The summed E-state index contributed by atoms with van der Waals surface area (Å²) in [5.41, 5.74) is 19.9. The third-order valence-corrected chi connectivity index (χ3v) is 15.3. The molecular weight excluding hydrogens is 1180 g/mol. The van der Waals surface area contributed by atoms with Crippen molar-refractivity contribution in [3.05, 3.63) is 297 Å². The van der Waals surface area contributed by atoms with Gasteiger partial charge in [-0.2, -0.15) is 17.7 Å². The van der Waals surface area contributed by atoms with Crippen LogP contribution in [0.4, 0.5) is 0 Å². The Morgan fingerprint density at radius 3 is 1.45 bits per heavy atom. The van der Waals surface area contributed by atoms with Gasteiger partial charge in [0.15, 0.2) is 0 Å². The molecule has 14 aromatic rings. The molecule has 0 spiro atoms. The first-order valence-corrected chi connectivity index (χ1v) is 27.5. The van der Waals surface area contributed by atoms with Crippen LogP contribution in [0.5, 0.6) is 11.5 Å². The smallest absolute Gasteiger partial charge is 0.268 e. The Bertz CT molecular complexity index is 4360. The van der Waals surface area contributed by atoms with E-state index in [0.717, 1.165) is 122 Å². The SMILES string of the molecule is CC(C)(C)c1cc(Oc2[c-]c3c(cc2)c2ccccc2n3-c2ccccn2)[c-]c(-n2[c-][n+](-c3c(-c4cc(-c5ccccc5)cc(-c5ccccc5)c4)cccc3-c3cc(-c4ccccc4)cc(-c4ccccc4)c3)c3ccccc32)c1.[Pt]. The van der Waals surface area contributed by atoms with Crippen molar-refractivity contribution in [2.24, 2.45) is 0 Å².